The molecule has 0 radical (unpaired) electrons. The van der Waals surface area contributed by atoms with Crippen molar-refractivity contribution in [1.82, 2.24) is 15.1 Å². The van der Waals surface area contributed by atoms with Crippen molar-refractivity contribution in [2.24, 2.45) is 0 Å². The summed E-state index contributed by atoms with van der Waals surface area (Å²) in [6, 6.07) is 14.5. The highest BCUT2D eigenvalue weighted by Gasteiger charge is 2.35. The highest BCUT2D eigenvalue weighted by atomic mass is 35.5. The number of para-hydroxylation sites is 1. The molecule has 2 saturated heterocycles. The first-order valence-electron chi connectivity index (χ1n) is 10.8. The first-order chi connectivity index (χ1) is 15.9. The topological polar surface area (TPSA) is 67.9 Å². The standard InChI is InChI=1S/C23H25Cl2N5O2S/c24-16-12-17(25)14-18(13-16)27-23(33)30-7-6-26-22(32)20(30)15-21(31)29-10-8-28(9-11-29)19-4-2-1-3-5-19/h1-5,12-14,20H,6-11,15H2,(H,26,32)(H,27,33)/t20-/m0/s1. The van der Waals surface area contributed by atoms with E-state index in [2.05, 4.69) is 27.7 Å². The molecule has 33 heavy (non-hydrogen) atoms. The van der Waals surface area contributed by atoms with Crippen molar-refractivity contribution in [3.8, 4) is 0 Å². The van der Waals surface area contributed by atoms with Gasteiger partial charge in [0.15, 0.2) is 5.11 Å². The summed E-state index contributed by atoms with van der Waals surface area (Å²) in [5.41, 5.74) is 1.78. The van der Waals surface area contributed by atoms with Gasteiger partial charge < -0.3 is 25.3 Å². The summed E-state index contributed by atoms with van der Waals surface area (Å²) in [6.07, 6.45) is 0.0648. The average molecular weight is 506 g/mol. The highest BCUT2D eigenvalue weighted by Crippen LogP contribution is 2.24. The zero-order valence-electron chi connectivity index (χ0n) is 18.0. The molecule has 1 atom stereocenters. The number of halogens is 2. The molecule has 2 aromatic carbocycles. The largest absolute Gasteiger partial charge is 0.368 e. The van der Waals surface area contributed by atoms with E-state index in [1.807, 2.05) is 23.1 Å². The van der Waals surface area contributed by atoms with Crippen LogP contribution in [-0.4, -0.2) is 72.0 Å². The lowest BCUT2D eigenvalue weighted by Crippen LogP contribution is -2.60. The minimum absolute atomic E-state index is 0.0524. The third-order valence-corrected chi connectivity index (χ3v) is 6.60. The Morgan fingerprint density at radius 3 is 2.36 bits per heavy atom. The van der Waals surface area contributed by atoms with Gasteiger partial charge in [-0.15, -0.1) is 0 Å². The number of thiocarbonyl (C=S) groups is 1. The van der Waals surface area contributed by atoms with Gasteiger partial charge >= 0.3 is 0 Å². The number of rotatable bonds is 4. The maximum atomic E-state index is 13.1. The van der Waals surface area contributed by atoms with Crippen LogP contribution in [0.1, 0.15) is 6.42 Å². The normalized spacial score (nSPS) is 18.7. The predicted octanol–water partition coefficient (Wildman–Crippen LogP) is 3.23. The molecule has 2 amide bonds. The number of benzene rings is 2. The number of carbonyl (C=O) groups excluding carboxylic acids is 2. The van der Waals surface area contributed by atoms with Crippen LogP contribution in [0.15, 0.2) is 48.5 Å². The van der Waals surface area contributed by atoms with E-state index in [9.17, 15) is 9.59 Å². The van der Waals surface area contributed by atoms with Crippen molar-refractivity contribution < 1.29 is 9.59 Å². The van der Waals surface area contributed by atoms with E-state index in [4.69, 9.17) is 35.4 Å². The van der Waals surface area contributed by atoms with E-state index < -0.39 is 6.04 Å². The van der Waals surface area contributed by atoms with Crippen molar-refractivity contribution in [3.63, 3.8) is 0 Å². The van der Waals surface area contributed by atoms with E-state index in [0.717, 1.165) is 18.8 Å². The van der Waals surface area contributed by atoms with Gasteiger partial charge in [0.05, 0.1) is 6.42 Å². The molecule has 2 N–H and O–H groups in total. The number of hydrogen-bond acceptors (Lipinski definition) is 4. The fraction of sp³-hybridized carbons (Fsp3) is 0.348. The summed E-state index contributed by atoms with van der Waals surface area (Å²) in [7, 11) is 0. The summed E-state index contributed by atoms with van der Waals surface area (Å²) in [6.45, 7) is 3.71. The molecule has 0 unspecified atom stereocenters. The van der Waals surface area contributed by atoms with Gasteiger partial charge in [-0.2, -0.15) is 0 Å². The lowest BCUT2D eigenvalue weighted by Gasteiger charge is -2.39. The van der Waals surface area contributed by atoms with Gasteiger partial charge in [0.1, 0.15) is 6.04 Å². The third kappa shape index (κ3) is 5.88. The van der Waals surface area contributed by atoms with Crippen molar-refractivity contribution >= 4 is 63.7 Å². The maximum absolute atomic E-state index is 13.1. The van der Waals surface area contributed by atoms with Gasteiger partial charge in [0.2, 0.25) is 11.8 Å². The second kappa shape index (κ2) is 10.6. The molecular formula is C23H25Cl2N5O2S. The lowest BCUT2D eigenvalue weighted by molar-refractivity contribution is -0.137. The zero-order valence-corrected chi connectivity index (χ0v) is 20.3. The van der Waals surface area contributed by atoms with Gasteiger partial charge in [-0.25, -0.2) is 0 Å². The second-order valence-corrected chi connectivity index (χ2v) is 9.26. The Labute approximate surface area is 208 Å². The summed E-state index contributed by atoms with van der Waals surface area (Å²) < 4.78 is 0. The van der Waals surface area contributed by atoms with Crippen molar-refractivity contribution in [2.75, 3.05) is 49.5 Å². The van der Waals surface area contributed by atoms with Crippen LogP contribution in [-0.2, 0) is 9.59 Å². The molecule has 10 heteroatoms. The van der Waals surface area contributed by atoms with E-state index in [1.54, 1.807) is 23.1 Å². The Balaban J connectivity index is 1.38. The van der Waals surface area contributed by atoms with Crippen LogP contribution in [0.2, 0.25) is 10.0 Å². The Kier molecular flexibility index (Phi) is 7.57. The third-order valence-electron chi connectivity index (χ3n) is 5.83. The first kappa shape index (κ1) is 23.6. The van der Waals surface area contributed by atoms with Gasteiger partial charge in [-0.3, -0.25) is 9.59 Å². The van der Waals surface area contributed by atoms with Crippen molar-refractivity contribution in [3.05, 3.63) is 58.6 Å². The van der Waals surface area contributed by atoms with Crippen LogP contribution in [0, 0.1) is 0 Å². The minimum Gasteiger partial charge on any atom is -0.368 e. The van der Waals surface area contributed by atoms with Crippen LogP contribution in [0.25, 0.3) is 0 Å². The quantitative estimate of drug-likeness (QED) is 0.621. The SMILES string of the molecule is O=C1NCCN(C(=S)Nc2cc(Cl)cc(Cl)c2)[C@H]1CC(=O)N1CCN(c2ccccc2)CC1. The Morgan fingerprint density at radius 1 is 1.03 bits per heavy atom. The molecule has 2 aliphatic rings. The monoisotopic (exact) mass is 505 g/mol. The molecule has 0 spiro atoms. The fourth-order valence-electron chi connectivity index (χ4n) is 4.13. The van der Waals surface area contributed by atoms with Gasteiger partial charge in [0, 0.05) is 60.7 Å². The molecule has 0 saturated carbocycles. The number of carbonyl (C=O) groups is 2. The molecule has 2 fully saturated rings. The number of nitrogens with zero attached hydrogens (tertiary/aromatic N) is 3. The predicted molar refractivity (Wildman–Crippen MR) is 136 cm³/mol. The first-order valence-corrected chi connectivity index (χ1v) is 12.0. The molecule has 0 bridgehead atoms. The van der Waals surface area contributed by atoms with E-state index >= 15 is 0 Å². The van der Waals surface area contributed by atoms with Gasteiger partial charge in [0.25, 0.3) is 0 Å². The zero-order chi connectivity index (χ0) is 23.4. The van der Waals surface area contributed by atoms with Crippen molar-refractivity contribution in [1.29, 1.82) is 0 Å². The molecule has 0 aromatic heterocycles. The van der Waals surface area contributed by atoms with Crippen LogP contribution >= 0.6 is 35.4 Å². The molecule has 2 aromatic rings. The molecule has 2 aliphatic heterocycles. The maximum Gasteiger partial charge on any atom is 0.243 e. The summed E-state index contributed by atoms with van der Waals surface area (Å²) >= 11 is 17.7. The number of amides is 2. The number of piperazine rings is 2. The molecule has 7 nitrogen and oxygen atoms in total. The van der Waals surface area contributed by atoms with Crippen LogP contribution in [0.5, 0.6) is 0 Å². The molecular weight excluding hydrogens is 481 g/mol. The van der Waals surface area contributed by atoms with Crippen LogP contribution < -0.4 is 15.5 Å². The van der Waals surface area contributed by atoms with Crippen LogP contribution in [0.4, 0.5) is 11.4 Å². The van der Waals surface area contributed by atoms with E-state index in [1.165, 1.54) is 0 Å². The van der Waals surface area contributed by atoms with E-state index in [0.29, 0.717) is 47.0 Å². The lowest BCUT2D eigenvalue weighted by atomic mass is 10.1. The number of nitrogens with one attached hydrogen (secondary N) is 2. The summed E-state index contributed by atoms with van der Waals surface area (Å²) in [4.78, 5) is 31.6. The van der Waals surface area contributed by atoms with Gasteiger partial charge in [-0.05, 0) is 42.5 Å². The van der Waals surface area contributed by atoms with E-state index in [-0.39, 0.29) is 18.2 Å². The average Bonchev–Trinajstić information content (AvgIpc) is 2.80. The van der Waals surface area contributed by atoms with Gasteiger partial charge in [-0.1, -0.05) is 41.4 Å². The van der Waals surface area contributed by atoms with Crippen LogP contribution in [0.3, 0.4) is 0 Å². The number of anilines is 2. The smallest absolute Gasteiger partial charge is 0.243 e. The summed E-state index contributed by atoms with van der Waals surface area (Å²) in [5, 5.41) is 7.26. The highest BCUT2D eigenvalue weighted by molar-refractivity contribution is 7.80. The molecule has 174 valence electrons. The Bertz CT molecular complexity index is 1010. The molecule has 2 heterocycles. The fourth-order valence-corrected chi connectivity index (χ4v) is 4.99. The summed E-state index contributed by atoms with van der Waals surface area (Å²) in [5.74, 6) is -0.255. The minimum atomic E-state index is -0.673. The Morgan fingerprint density at radius 2 is 1.70 bits per heavy atom. The Hall–Kier alpha value is -2.55. The van der Waals surface area contributed by atoms with Crippen molar-refractivity contribution in [2.45, 2.75) is 12.5 Å². The number of hydrogen-bond donors (Lipinski definition) is 2. The second-order valence-electron chi connectivity index (χ2n) is 8.00. The molecule has 0 aliphatic carbocycles. The molecule has 4 rings (SSSR count).